The summed E-state index contributed by atoms with van der Waals surface area (Å²) in [6.07, 6.45) is 3.55. The molecule has 16 atom stereocenters. The molecule has 0 saturated carbocycles. The van der Waals surface area contributed by atoms with E-state index in [0.717, 1.165) is 77.2 Å². The van der Waals surface area contributed by atoms with E-state index in [9.17, 15) is 84.3 Å². The van der Waals surface area contributed by atoms with Gasteiger partial charge >= 0.3 is 0 Å². The average molecular weight is 1460 g/mol. The van der Waals surface area contributed by atoms with Crippen LogP contribution in [-0.2, 0) is 71.5 Å². The number of unbranched alkanes of at least 4 members (excludes halogenated alkanes) is 15. The van der Waals surface area contributed by atoms with E-state index in [4.69, 9.17) is 33.2 Å². The molecule has 0 bridgehead atoms. The molecule has 3 saturated heterocycles. The summed E-state index contributed by atoms with van der Waals surface area (Å²) >= 11 is 0. The van der Waals surface area contributed by atoms with Gasteiger partial charge in [-0.3, -0.25) is 43.3 Å². The monoisotopic (exact) mass is 1460 g/mol. The molecule has 3 fully saturated rings. The Kier molecular flexibility index (Phi) is 49.2. The smallest absolute Gasteiger partial charge is 0.239 e. The van der Waals surface area contributed by atoms with Crippen LogP contribution in [-0.4, -0.2) is 269 Å². The molecule has 0 spiro atoms. The first kappa shape index (κ1) is 92.1. The number of hydrogen-bond donors (Lipinski definition) is 13. The SMILES string of the molecule is CC(C)OCCCCCCCC(=O)CCCC(=O)CCCCCC(C(=O)NCC(=O)NCCCCCCO[C@@H]1OC(CO)[C@H](O)[C@H](O)C1C)N(CC(=O)CCC(=O)NCCCCCCO[C@@H]1OC(CO)[C@H](O)[C@H](O)C1C)CC(=O)CCC(=O)NCCCCCCO[C@@H]1OC(CO)[C@H](O)[C@H](O)C1C. The lowest BCUT2D eigenvalue weighted by Gasteiger charge is -2.40. The van der Waals surface area contributed by atoms with Gasteiger partial charge in [0, 0.05) is 115 Å². The van der Waals surface area contributed by atoms with Crippen LogP contribution in [0.1, 0.15) is 227 Å². The number of aliphatic hydroxyl groups is 9. The summed E-state index contributed by atoms with van der Waals surface area (Å²) < 4.78 is 39.9. The van der Waals surface area contributed by atoms with Crippen LogP contribution in [0.5, 0.6) is 0 Å². The van der Waals surface area contributed by atoms with Gasteiger partial charge in [-0.05, 0) is 84.5 Å². The molecule has 0 aromatic heterocycles. The molecule has 13 N–H and O–H groups in total. The standard InChI is InChI=1S/C73H131N5O24/c1-49(2)96-39-22-11-6-7-16-27-53(82)29-26-30-54(83)28-17-15-18-31-57(70(95)77-43-63(88)76-38-21-10-14-25-42-99-73-52(5)66(91)69(94)60(48-81)102-73)78(44-55(84)32-34-61(86)74-36-19-8-12-23-40-97-71-50(3)64(89)67(92)58(46-79)100-71)45-56(85)33-35-62(87)75-37-20-9-13-24-41-98-72-51(4)65(90)68(93)59(47-80)101-72/h49-52,57-60,64-69,71-73,79-81,89-94H,6-48H2,1-5H3,(H,74,86)(H,75,87)(H,76,88)(H,77,95)/t50?,51?,52?,57?,58?,59?,60?,64-,65-,66-,67+,68+,69+,71-,72-,73-/m1/s1. The van der Waals surface area contributed by atoms with Crippen molar-refractivity contribution in [3.05, 3.63) is 0 Å². The first-order valence-corrected chi connectivity index (χ1v) is 38.1. The minimum Gasteiger partial charge on any atom is -0.394 e. The van der Waals surface area contributed by atoms with Crippen LogP contribution in [0.4, 0.5) is 0 Å². The number of amides is 4. The van der Waals surface area contributed by atoms with Crippen LogP contribution >= 0.6 is 0 Å². The fourth-order valence-corrected chi connectivity index (χ4v) is 12.5. The van der Waals surface area contributed by atoms with Gasteiger partial charge in [-0.25, -0.2) is 0 Å². The summed E-state index contributed by atoms with van der Waals surface area (Å²) in [7, 11) is 0. The molecular weight excluding hydrogens is 1330 g/mol. The highest BCUT2D eigenvalue weighted by Gasteiger charge is 2.45. The Morgan fingerprint density at radius 1 is 0.373 bits per heavy atom. The lowest BCUT2D eigenvalue weighted by Crippen LogP contribution is -2.55. The van der Waals surface area contributed by atoms with Crippen molar-refractivity contribution in [3.63, 3.8) is 0 Å². The van der Waals surface area contributed by atoms with Gasteiger partial charge in [-0.2, -0.15) is 0 Å². The number of hydrogen-bond acceptors (Lipinski definition) is 25. The number of ketones is 4. The van der Waals surface area contributed by atoms with Crippen molar-refractivity contribution in [2.45, 2.75) is 313 Å². The van der Waals surface area contributed by atoms with Gasteiger partial charge in [0.15, 0.2) is 18.9 Å². The van der Waals surface area contributed by atoms with Crippen LogP contribution in [0.25, 0.3) is 0 Å². The quantitative estimate of drug-likeness (QED) is 0.0389. The van der Waals surface area contributed by atoms with E-state index in [1.807, 2.05) is 13.8 Å². The molecule has 0 aromatic carbocycles. The van der Waals surface area contributed by atoms with Gasteiger partial charge in [0.25, 0.3) is 0 Å². The number of rotatable bonds is 60. The largest absolute Gasteiger partial charge is 0.394 e. The van der Waals surface area contributed by atoms with Gasteiger partial charge in [0.05, 0.1) is 69.9 Å². The third kappa shape index (κ3) is 37.9. The van der Waals surface area contributed by atoms with Gasteiger partial charge in [-0.1, -0.05) is 91.4 Å². The summed E-state index contributed by atoms with van der Waals surface area (Å²) in [5.41, 5.74) is 0. The molecule has 4 amide bonds. The van der Waals surface area contributed by atoms with Crippen LogP contribution in [0.3, 0.4) is 0 Å². The zero-order chi connectivity index (χ0) is 75.2. The molecule has 29 nitrogen and oxygen atoms in total. The summed E-state index contributed by atoms with van der Waals surface area (Å²) in [5.74, 6) is -4.10. The molecule has 29 heteroatoms. The van der Waals surface area contributed by atoms with E-state index >= 15 is 0 Å². The number of carbonyl (C=O) groups is 8. The van der Waals surface area contributed by atoms with Crippen LogP contribution in [0.2, 0.25) is 0 Å². The lowest BCUT2D eigenvalue weighted by molar-refractivity contribution is -0.282. The van der Waals surface area contributed by atoms with Gasteiger partial charge < -0.3 is 100 Å². The third-order valence-electron chi connectivity index (χ3n) is 19.2. The zero-order valence-electron chi connectivity index (χ0n) is 61.8. The Morgan fingerprint density at radius 2 is 0.706 bits per heavy atom. The van der Waals surface area contributed by atoms with Crippen LogP contribution in [0.15, 0.2) is 0 Å². The zero-order valence-corrected chi connectivity index (χ0v) is 61.8. The van der Waals surface area contributed by atoms with E-state index < -0.39 is 160 Å². The topological polar surface area (TPSA) is 435 Å². The summed E-state index contributed by atoms with van der Waals surface area (Å²) in [5, 5.41) is 101. The van der Waals surface area contributed by atoms with Crippen molar-refractivity contribution in [2.24, 2.45) is 17.8 Å². The Balaban J connectivity index is 1.60. The second kappa shape index (κ2) is 54.5. The second-order valence-corrected chi connectivity index (χ2v) is 28.3. The van der Waals surface area contributed by atoms with Crippen molar-refractivity contribution >= 4 is 46.8 Å². The van der Waals surface area contributed by atoms with E-state index in [1.54, 1.807) is 20.8 Å². The van der Waals surface area contributed by atoms with Crippen molar-refractivity contribution in [3.8, 4) is 0 Å². The van der Waals surface area contributed by atoms with Crippen molar-refractivity contribution in [1.29, 1.82) is 0 Å². The Hall–Kier alpha value is -4.12. The van der Waals surface area contributed by atoms with E-state index in [0.29, 0.717) is 117 Å². The first-order valence-electron chi connectivity index (χ1n) is 38.1. The Bertz CT molecular complexity index is 2260. The minimum atomic E-state index is -1.23. The predicted octanol–water partition coefficient (Wildman–Crippen LogP) is 2.80. The molecule has 0 aliphatic carbocycles. The average Bonchev–Trinajstić information content (AvgIpc) is 0.839. The molecule has 0 aromatic rings. The maximum absolute atomic E-state index is 14.4. The number of nitrogens with zero attached hydrogens (tertiary/aromatic N) is 1. The number of aliphatic hydroxyl groups excluding tert-OH is 9. The van der Waals surface area contributed by atoms with E-state index in [-0.39, 0.29) is 74.4 Å². The van der Waals surface area contributed by atoms with E-state index in [1.165, 1.54) is 4.90 Å². The fourth-order valence-electron chi connectivity index (χ4n) is 12.5. The second-order valence-electron chi connectivity index (χ2n) is 28.3. The highest BCUT2D eigenvalue weighted by Crippen LogP contribution is 2.30. The normalized spacial score (nSPS) is 25.5. The molecule has 102 heavy (non-hydrogen) atoms. The van der Waals surface area contributed by atoms with Crippen LogP contribution < -0.4 is 21.3 Å². The van der Waals surface area contributed by atoms with Crippen LogP contribution in [0, 0.1) is 17.8 Å². The summed E-state index contributed by atoms with van der Waals surface area (Å²) in [6, 6.07) is -1.12. The Labute approximate surface area is 604 Å². The molecule has 7 unspecified atom stereocenters. The van der Waals surface area contributed by atoms with Crippen molar-refractivity contribution in [1.82, 2.24) is 26.2 Å². The van der Waals surface area contributed by atoms with Gasteiger partial charge in [0.1, 0.15) is 59.8 Å². The minimum absolute atomic E-state index is 0.0173. The molecule has 3 rings (SSSR count). The first-order chi connectivity index (χ1) is 48.9. The highest BCUT2D eigenvalue weighted by molar-refractivity contribution is 5.91. The van der Waals surface area contributed by atoms with Gasteiger partial charge in [0.2, 0.25) is 23.6 Å². The number of nitrogens with one attached hydrogen (secondary N) is 4. The fraction of sp³-hybridized carbons (Fsp3) is 0.890. The molecule has 3 aliphatic heterocycles. The maximum atomic E-state index is 14.4. The molecule has 3 heterocycles. The highest BCUT2D eigenvalue weighted by atomic mass is 16.7. The molecule has 0 radical (unpaired) electrons. The lowest BCUT2D eigenvalue weighted by atomic mass is 9.92. The summed E-state index contributed by atoms with van der Waals surface area (Å²) in [6.45, 7) is 9.06. The molecular formula is C73H131N5O24. The maximum Gasteiger partial charge on any atom is 0.239 e. The number of ether oxygens (including phenoxy) is 7. The third-order valence-corrected chi connectivity index (χ3v) is 19.2. The number of Topliss-reactive ketones (excluding diaryl/α,β-unsaturated/α-hetero) is 4. The van der Waals surface area contributed by atoms with Gasteiger partial charge in [-0.15, -0.1) is 0 Å². The van der Waals surface area contributed by atoms with E-state index in [2.05, 4.69) is 21.3 Å². The molecule has 592 valence electrons. The number of carbonyl (C=O) groups excluding carboxylic acids is 8. The Morgan fingerprint density at radius 3 is 1.09 bits per heavy atom. The van der Waals surface area contributed by atoms with Crippen molar-refractivity contribution in [2.75, 3.05) is 85.5 Å². The summed E-state index contributed by atoms with van der Waals surface area (Å²) in [4.78, 5) is 109. The predicted molar refractivity (Wildman–Crippen MR) is 376 cm³/mol. The molecule has 3 aliphatic rings. The van der Waals surface area contributed by atoms with Crippen molar-refractivity contribution < 1.29 is 117 Å².